The van der Waals surface area contributed by atoms with Gasteiger partial charge in [-0.25, -0.2) is 0 Å². The molecule has 0 aliphatic carbocycles. The average molecular weight is 335 g/mol. The molecule has 0 unspecified atom stereocenters. The molecule has 0 aromatic carbocycles. The van der Waals surface area contributed by atoms with Crippen LogP contribution in [-0.2, 0) is 24.8 Å². The maximum Gasteiger partial charge on any atom is 0.240 e. The van der Waals surface area contributed by atoms with Crippen molar-refractivity contribution in [3.63, 3.8) is 0 Å². The van der Waals surface area contributed by atoms with E-state index in [9.17, 15) is 4.79 Å². The molecule has 0 N–H and O–H groups in total. The van der Waals surface area contributed by atoms with Crippen LogP contribution in [0.4, 0.5) is 0 Å². The van der Waals surface area contributed by atoms with E-state index in [1.807, 2.05) is 24.3 Å². The minimum absolute atomic E-state index is 0.0294. The van der Waals surface area contributed by atoms with Crippen molar-refractivity contribution in [3.8, 4) is 0 Å². The number of thioether (sulfide) groups is 1. The summed E-state index contributed by atoms with van der Waals surface area (Å²) in [6.45, 7) is 3.56. The van der Waals surface area contributed by atoms with Crippen molar-refractivity contribution < 1.29 is 4.79 Å². The number of amides is 1. The second kappa shape index (κ2) is 6.87. The Morgan fingerprint density at radius 2 is 2.41 bits per heavy atom. The van der Waals surface area contributed by atoms with Crippen molar-refractivity contribution in [1.29, 1.82) is 0 Å². The molecule has 0 fully saturated rings. The predicted octanol–water partition coefficient (Wildman–Crippen LogP) is 3.25. The Morgan fingerprint density at radius 3 is 3.14 bits per heavy atom. The van der Waals surface area contributed by atoms with E-state index in [-0.39, 0.29) is 11.2 Å². The van der Waals surface area contributed by atoms with Gasteiger partial charge in [0.05, 0.1) is 6.20 Å². The largest absolute Gasteiger partial charge is 0.337 e. The van der Waals surface area contributed by atoms with E-state index >= 15 is 0 Å². The maximum absolute atomic E-state index is 13.0. The van der Waals surface area contributed by atoms with Crippen molar-refractivity contribution in [3.05, 3.63) is 39.8 Å². The molecule has 1 aliphatic rings. The first-order valence-electron chi connectivity index (χ1n) is 7.63. The third kappa shape index (κ3) is 3.22. The smallest absolute Gasteiger partial charge is 0.240 e. The fraction of sp³-hybridized carbons (Fsp3) is 0.500. The Hall–Kier alpha value is -1.27. The molecule has 2 aromatic rings. The van der Waals surface area contributed by atoms with E-state index in [0.29, 0.717) is 6.54 Å². The summed E-state index contributed by atoms with van der Waals surface area (Å²) in [6, 6.07) is 2.13. The van der Waals surface area contributed by atoms with E-state index in [4.69, 9.17) is 0 Å². The second-order valence-corrected chi connectivity index (χ2v) is 7.80. The molecule has 6 heteroatoms. The zero-order chi connectivity index (χ0) is 15.5. The van der Waals surface area contributed by atoms with Crippen molar-refractivity contribution in [2.24, 2.45) is 7.05 Å². The Kier molecular flexibility index (Phi) is 4.88. The highest BCUT2D eigenvalue weighted by molar-refractivity contribution is 8.00. The topological polar surface area (TPSA) is 38.1 Å². The molecule has 0 saturated carbocycles. The molecular formula is C16H21N3OS2. The Labute approximate surface area is 139 Å². The van der Waals surface area contributed by atoms with Gasteiger partial charge in [-0.1, -0.05) is 6.92 Å². The molecule has 4 nitrogen and oxygen atoms in total. The van der Waals surface area contributed by atoms with Crippen LogP contribution in [0.3, 0.4) is 0 Å². The summed E-state index contributed by atoms with van der Waals surface area (Å²) in [6.07, 6.45) is 5.90. The zero-order valence-electron chi connectivity index (χ0n) is 13.0. The van der Waals surface area contributed by atoms with Gasteiger partial charge in [-0.15, -0.1) is 23.1 Å². The lowest BCUT2D eigenvalue weighted by molar-refractivity contribution is -0.131. The summed E-state index contributed by atoms with van der Waals surface area (Å²) in [7, 11) is 1.91. The normalized spacial score (nSPS) is 17.3. The van der Waals surface area contributed by atoms with Gasteiger partial charge in [-0.3, -0.25) is 9.48 Å². The van der Waals surface area contributed by atoms with Gasteiger partial charge in [0.25, 0.3) is 0 Å². The number of carbonyl (C=O) groups excluding carboxylic acids is 1. The van der Waals surface area contributed by atoms with Gasteiger partial charge in [-0.05, 0) is 35.6 Å². The van der Waals surface area contributed by atoms with E-state index in [0.717, 1.165) is 30.7 Å². The highest BCUT2D eigenvalue weighted by Gasteiger charge is 2.31. The van der Waals surface area contributed by atoms with Gasteiger partial charge in [-0.2, -0.15) is 5.10 Å². The number of carbonyl (C=O) groups is 1. The van der Waals surface area contributed by atoms with Crippen LogP contribution in [0.2, 0.25) is 0 Å². The zero-order valence-corrected chi connectivity index (χ0v) is 14.6. The van der Waals surface area contributed by atoms with Crippen LogP contribution in [0, 0.1) is 0 Å². The van der Waals surface area contributed by atoms with Crippen molar-refractivity contribution in [2.45, 2.75) is 31.6 Å². The fourth-order valence-electron chi connectivity index (χ4n) is 2.83. The minimum Gasteiger partial charge on any atom is -0.337 e. The number of rotatable bonds is 5. The maximum atomic E-state index is 13.0. The van der Waals surface area contributed by atoms with Crippen LogP contribution in [0.5, 0.6) is 0 Å². The summed E-state index contributed by atoms with van der Waals surface area (Å²) < 4.78 is 1.79. The van der Waals surface area contributed by atoms with E-state index in [2.05, 4.69) is 23.5 Å². The van der Waals surface area contributed by atoms with Crippen LogP contribution in [0.1, 0.15) is 34.6 Å². The molecule has 118 valence electrons. The number of hydrogen-bond donors (Lipinski definition) is 0. The van der Waals surface area contributed by atoms with Crippen LogP contribution in [-0.4, -0.2) is 32.9 Å². The lowest BCUT2D eigenvalue weighted by Crippen LogP contribution is -2.35. The molecule has 0 spiro atoms. The van der Waals surface area contributed by atoms with Crippen LogP contribution in [0.15, 0.2) is 23.8 Å². The lowest BCUT2D eigenvalue weighted by Gasteiger charge is -2.29. The molecular weight excluding hydrogens is 314 g/mol. The lowest BCUT2D eigenvalue weighted by atomic mass is 10.1. The Balaban J connectivity index is 1.78. The monoisotopic (exact) mass is 335 g/mol. The van der Waals surface area contributed by atoms with Gasteiger partial charge >= 0.3 is 0 Å². The fourth-order valence-corrected chi connectivity index (χ4v) is 5.20. The number of nitrogens with zero attached hydrogens (tertiary/aromatic N) is 3. The summed E-state index contributed by atoms with van der Waals surface area (Å²) in [5.41, 5.74) is 2.33. The third-order valence-electron chi connectivity index (χ3n) is 3.84. The van der Waals surface area contributed by atoms with Crippen molar-refractivity contribution in [1.82, 2.24) is 14.7 Å². The molecule has 3 heterocycles. The van der Waals surface area contributed by atoms with E-state index < -0.39 is 0 Å². The third-order valence-corrected chi connectivity index (χ3v) is 6.06. The highest BCUT2D eigenvalue weighted by atomic mass is 32.2. The quantitative estimate of drug-likeness (QED) is 0.842. The minimum atomic E-state index is -0.0294. The Morgan fingerprint density at radius 1 is 1.55 bits per heavy atom. The summed E-state index contributed by atoms with van der Waals surface area (Å²) >= 11 is 3.56. The standard InChI is InChI=1S/C16H21N3OS2/c1-3-6-19(11-12-9-17-18(2)10-12)16(20)15-13-4-7-21-14(13)5-8-22-15/h4,7,9-10,15H,3,5-6,8,11H2,1-2H3/t15-/m0/s1. The van der Waals surface area contributed by atoms with Gasteiger partial charge in [0.15, 0.2) is 0 Å². The molecule has 1 atom stereocenters. The highest BCUT2D eigenvalue weighted by Crippen LogP contribution is 2.40. The molecule has 0 bridgehead atoms. The van der Waals surface area contributed by atoms with Gasteiger partial charge in [0.2, 0.25) is 5.91 Å². The molecule has 1 amide bonds. The summed E-state index contributed by atoms with van der Waals surface area (Å²) in [4.78, 5) is 16.4. The number of thiophene rings is 1. The summed E-state index contributed by atoms with van der Waals surface area (Å²) in [5.74, 6) is 1.28. The first-order chi connectivity index (χ1) is 10.7. The first-order valence-corrected chi connectivity index (χ1v) is 9.56. The van der Waals surface area contributed by atoms with Gasteiger partial charge in [0, 0.05) is 36.8 Å². The van der Waals surface area contributed by atoms with E-state index in [1.165, 1.54) is 10.4 Å². The first kappa shape index (κ1) is 15.6. The second-order valence-electron chi connectivity index (χ2n) is 5.58. The van der Waals surface area contributed by atoms with Crippen LogP contribution >= 0.6 is 23.1 Å². The van der Waals surface area contributed by atoms with Gasteiger partial charge < -0.3 is 4.90 Å². The number of aryl methyl sites for hydroxylation is 2. The molecule has 0 saturated heterocycles. The van der Waals surface area contributed by atoms with Crippen LogP contribution in [0.25, 0.3) is 0 Å². The molecule has 3 rings (SSSR count). The molecule has 22 heavy (non-hydrogen) atoms. The average Bonchev–Trinajstić information content (AvgIpc) is 3.14. The number of hydrogen-bond acceptors (Lipinski definition) is 4. The summed E-state index contributed by atoms with van der Waals surface area (Å²) in [5, 5.41) is 6.29. The molecule has 0 radical (unpaired) electrons. The van der Waals surface area contributed by atoms with Crippen molar-refractivity contribution in [2.75, 3.05) is 12.3 Å². The SMILES string of the molecule is CCCN(Cc1cnn(C)c1)C(=O)[C@H]1SCCc2sccc21. The molecule has 1 aliphatic heterocycles. The number of fused-ring (bicyclic) bond motifs is 1. The van der Waals surface area contributed by atoms with E-state index in [1.54, 1.807) is 27.8 Å². The number of aromatic nitrogens is 2. The predicted molar refractivity (Wildman–Crippen MR) is 92.1 cm³/mol. The van der Waals surface area contributed by atoms with Crippen LogP contribution < -0.4 is 0 Å². The molecule has 2 aromatic heterocycles. The Bertz CT molecular complexity index is 649. The van der Waals surface area contributed by atoms with Crippen molar-refractivity contribution >= 4 is 29.0 Å². The van der Waals surface area contributed by atoms with Gasteiger partial charge in [0.1, 0.15) is 5.25 Å².